The van der Waals surface area contributed by atoms with Gasteiger partial charge in [-0.05, 0) is 13.8 Å². The molecular formula is C12H14N2O4. The minimum atomic E-state index is -0.584. The number of carbonyl (C=O) groups is 2. The highest BCUT2D eigenvalue weighted by molar-refractivity contribution is 5.93. The van der Waals surface area contributed by atoms with Gasteiger partial charge in [0.25, 0.3) is 5.91 Å². The standard InChI is InChI=1S/C12H14N2O4/c1-3-4-5-6-12(16)17-8-11(15)13-10-7-9(2)18-14-10/h3-7H,8H2,1-2H3,(H,13,14,15)/b4-3+,6-5+. The molecule has 0 bridgehead atoms. The van der Waals surface area contributed by atoms with Crippen LogP contribution in [0.2, 0.25) is 0 Å². The number of rotatable bonds is 5. The maximum absolute atomic E-state index is 11.3. The number of allylic oxidation sites excluding steroid dienone is 3. The summed E-state index contributed by atoms with van der Waals surface area (Å²) >= 11 is 0. The Morgan fingerprint density at radius 3 is 2.89 bits per heavy atom. The molecule has 0 unspecified atom stereocenters. The summed E-state index contributed by atoms with van der Waals surface area (Å²) in [4.78, 5) is 22.5. The van der Waals surface area contributed by atoms with Gasteiger partial charge in [0.1, 0.15) is 5.76 Å². The van der Waals surface area contributed by atoms with Crippen LogP contribution in [-0.4, -0.2) is 23.6 Å². The van der Waals surface area contributed by atoms with E-state index >= 15 is 0 Å². The quantitative estimate of drug-likeness (QED) is 0.487. The van der Waals surface area contributed by atoms with Crippen LogP contribution in [0.3, 0.4) is 0 Å². The second-order valence-corrected chi connectivity index (χ2v) is 3.36. The van der Waals surface area contributed by atoms with E-state index in [1.165, 1.54) is 12.2 Å². The molecule has 18 heavy (non-hydrogen) atoms. The lowest BCUT2D eigenvalue weighted by atomic mass is 10.4. The van der Waals surface area contributed by atoms with Gasteiger partial charge in [-0.3, -0.25) is 4.79 Å². The summed E-state index contributed by atoms with van der Waals surface area (Å²) in [6.45, 7) is 3.16. The first-order valence-corrected chi connectivity index (χ1v) is 5.31. The summed E-state index contributed by atoms with van der Waals surface area (Å²) in [5.74, 6) is -0.190. The van der Waals surface area contributed by atoms with Gasteiger partial charge >= 0.3 is 5.97 Å². The van der Waals surface area contributed by atoms with E-state index in [0.29, 0.717) is 5.76 Å². The predicted molar refractivity (Wildman–Crippen MR) is 64.8 cm³/mol. The maximum atomic E-state index is 11.3. The van der Waals surface area contributed by atoms with E-state index in [2.05, 4.69) is 10.5 Å². The van der Waals surface area contributed by atoms with E-state index in [9.17, 15) is 9.59 Å². The van der Waals surface area contributed by atoms with Crippen molar-refractivity contribution in [2.75, 3.05) is 11.9 Å². The number of nitrogens with zero attached hydrogens (tertiary/aromatic N) is 1. The van der Waals surface area contributed by atoms with Gasteiger partial charge in [-0.15, -0.1) is 0 Å². The Kier molecular flexibility index (Phi) is 5.37. The van der Waals surface area contributed by atoms with Crippen LogP contribution in [0.5, 0.6) is 0 Å². The fourth-order valence-corrected chi connectivity index (χ4v) is 1.03. The van der Waals surface area contributed by atoms with E-state index in [-0.39, 0.29) is 12.4 Å². The van der Waals surface area contributed by atoms with Crippen LogP contribution in [0, 0.1) is 6.92 Å². The molecule has 0 spiro atoms. The summed E-state index contributed by atoms with van der Waals surface area (Å²) in [5.41, 5.74) is 0. The minimum absolute atomic E-state index is 0.290. The van der Waals surface area contributed by atoms with Crippen molar-refractivity contribution < 1.29 is 18.8 Å². The molecule has 1 aromatic rings. The van der Waals surface area contributed by atoms with Crippen molar-refractivity contribution in [3.8, 4) is 0 Å². The Balaban J connectivity index is 2.31. The highest BCUT2D eigenvalue weighted by atomic mass is 16.5. The SMILES string of the molecule is C/C=C/C=C/C(=O)OCC(=O)Nc1cc(C)on1. The average molecular weight is 250 g/mol. The molecule has 0 atom stereocenters. The summed E-state index contributed by atoms with van der Waals surface area (Å²) in [6.07, 6.45) is 6.21. The number of nitrogens with one attached hydrogen (secondary N) is 1. The number of aromatic nitrogens is 1. The molecular weight excluding hydrogens is 236 g/mol. The smallest absolute Gasteiger partial charge is 0.331 e. The molecule has 1 aromatic heterocycles. The molecule has 6 heteroatoms. The van der Waals surface area contributed by atoms with Gasteiger partial charge in [0, 0.05) is 12.1 Å². The molecule has 96 valence electrons. The third kappa shape index (κ3) is 5.11. The molecule has 0 radical (unpaired) electrons. The molecule has 0 aromatic carbocycles. The van der Waals surface area contributed by atoms with Crippen LogP contribution in [0.25, 0.3) is 0 Å². The van der Waals surface area contributed by atoms with Crippen LogP contribution in [-0.2, 0) is 14.3 Å². The van der Waals surface area contributed by atoms with Gasteiger partial charge < -0.3 is 14.6 Å². The number of carbonyl (C=O) groups excluding carboxylic acids is 2. The van der Waals surface area contributed by atoms with E-state index in [1.807, 2.05) is 6.92 Å². The molecule has 1 N–H and O–H groups in total. The normalized spacial score (nSPS) is 11.0. The van der Waals surface area contributed by atoms with Crippen LogP contribution in [0.1, 0.15) is 12.7 Å². The number of ether oxygens (including phenoxy) is 1. The Hall–Kier alpha value is -2.37. The molecule has 0 aliphatic carbocycles. The second-order valence-electron chi connectivity index (χ2n) is 3.36. The lowest BCUT2D eigenvalue weighted by Gasteiger charge is -2.01. The Bertz CT molecular complexity index is 474. The van der Waals surface area contributed by atoms with Crippen LogP contribution in [0.15, 0.2) is 34.9 Å². The van der Waals surface area contributed by atoms with E-state index < -0.39 is 11.9 Å². The fourth-order valence-electron chi connectivity index (χ4n) is 1.03. The second kappa shape index (κ2) is 7.05. The van der Waals surface area contributed by atoms with Gasteiger partial charge in [-0.2, -0.15) is 0 Å². The molecule has 0 aliphatic rings. The molecule has 1 heterocycles. The van der Waals surface area contributed by atoms with Gasteiger partial charge in [0.05, 0.1) is 0 Å². The largest absolute Gasteiger partial charge is 0.452 e. The van der Waals surface area contributed by atoms with Crippen LogP contribution < -0.4 is 5.32 Å². The van der Waals surface area contributed by atoms with Crippen molar-refractivity contribution in [2.45, 2.75) is 13.8 Å². The third-order valence-electron chi connectivity index (χ3n) is 1.78. The van der Waals surface area contributed by atoms with Gasteiger partial charge in [-0.1, -0.05) is 23.4 Å². The molecule has 1 rings (SSSR count). The number of anilines is 1. The minimum Gasteiger partial charge on any atom is -0.452 e. The zero-order valence-electron chi connectivity index (χ0n) is 10.2. The zero-order valence-corrected chi connectivity index (χ0v) is 10.2. The maximum Gasteiger partial charge on any atom is 0.331 e. The van der Waals surface area contributed by atoms with Gasteiger partial charge in [0.2, 0.25) is 0 Å². The van der Waals surface area contributed by atoms with E-state index in [0.717, 1.165) is 0 Å². The van der Waals surface area contributed by atoms with Crippen molar-refractivity contribution >= 4 is 17.7 Å². The first kappa shape index (κ1) is 13.7. The van der Waals surface area contributed by atoms with Gasteiger partial charge in [-0.25, -0.2) is 4.79 Å². The zero-order chi connectivity index (χ0) is 13.4. The molecule has 0 fully saturated rings. The summed E-state index contributed by atoms with van der Waals surface area (Å²) in [5, 5.41) is 6.00. The van der Waals surface area contributed by atoms with Crippen molar-refractivity contribution in [1.82, 2.24) is 5.16 Å². The fraction of sp³-hybridized carbons (Fsp3) is 0.250. The Morgan fingerprint density at radius 2 is 2.28 bits per heavy atom. The monoisotopic (exact) mass is 250 g/mol. The first-order valence-electron chi connectivity index (χ1n) is 5.31. The first-order chi connectivity index (χ1) is 8.61. The topological polar surface area (TPSA) is 81.4 Å². The lowest BCUT2D eigenvalue weighted by Crippen LogP contribution is -2.20. The number of esters is 1. The van der Waals surface area contributed by atoms with Crippen molar-refractivity contribution in [3.05, 3.63) is 36.1 Å². The van der Waals surface area contributed by atoms with E-state index in [4.69, 9.17) is 9.26 Å². The summed E-state index contributed by atoms with van der Waals surface area (Å²) in [6, 6.07) is 1.56. The summed E-state index contributed by atoms with van der Waals surface area (Å²) < 4.78 is 9.46. The van der Waals surface area contributed by atoms with Gasteiger partial charge in [0.15, 0.2) is 12.4 Å². The molecule has 0 saturated carbocycles. The molecule has 1 amide bonds. The number of amides is 1. The van der Waals surface area contributed by atoms with Crippen LogP contribution in [0.4, 0.5) is 5.82 Å². The molecule has 6 nitrogen and oxygen atoms in total. The third-order valence-corrected chi connectivity index (χ3v) is 1.78. The van der Waals surface area contributed by atoms with Crippen molar-refractivity contribution in [3.63, 3.8) is 0 Å². The lowest BCUT2D eigenvalue weighted by molar-refractivity contribution is -0.142. The Labute approximate surface area is 104 Å². The van der Waals surface area contributed by atoms with Crippen LogP contribution >= 0.6 is 0 Å². The van der Waals surface area contributed by atoms with Crippen molar-refractivity contribution in [1.29, 1.82) is 0 Å². The average Bonchev–Trinajstić information content (AvgIpc) is 2.72. The van der Waals surface area contributed by atoms with E-state index in [1.54, 1.807) is 25.1 Å². The highest BCUT2D eigenvalue weighted by Gasteiger charge is 2.07. The molecule has 0 aliphatic heterocycles. The number of hydrogen-bond acceptors (Lipinski definition) is 5. The summed E-state index contributed by atoms with van der Waals surface area (Å²) in [7, 11) is 0. The van der Waals surface area contributed by atoms with Crippen molar-refractivity contribution in [2.24, 2.45) is 0 Å². The predicted octanol–water partition coefficient (Wildman–Crippen LogP) is 1.60. The Morgan fingerprint density at radius 1 is 1.50 bits per heavy atom. The number of aryl methyl sites for hydroxylation is 1. The number of hydrogen-bond donors (Lipinski definition) is 1. The highest BCUT2D eigenvalue weighted by Crippen LogP contribution is 2.06. The molecule has 0 saturated heterocycles.